The molecule has 4 nitrogen and oxygen atoms in total. The molecule has 0 aliphatic carbocycles. The van der Waals surface area contributed by atoms with Crippen LogP contribution in [0, 0.1) is 13.8 Å². The molecule has 6 heteroatoms. The number of rotatable bonds is 2. The average molecular weight is 465 g/mol. The van der Waals surface area contributed by atoms with E-state index in [2.05, 4.69) is 16.7 Å². The van der Waals surface area contributed by atoms with Crippen LogP contribution in [0.3, 0.4) is 0 Å². The van der Waals surface area contributed by atoms with Crippen LogP contribution in [0.15, 0.2) is 60.7 Å². The smallest absolute Gasteiger partial charge is 0.238 e. The van der Waals surface area contributed by atoms with Crippen LogP contribution in [0.4, 0.5) is 5.69 Å². The Morgan fingerprint density at radius 2 is 1.72 bits per heavy atom. The van der Waals surface area contributed by atoms with Gasteiger partial charge in [-0.05, 0) is 60.4 Å². The Balaban J connectivity index is 1.83. The van der Waals surface area contributed by atoms with E-state index in [4.69, 9.17) is 23.2 Å². The van der Waals surface area contributed by atoms with Gasteiger partial charge in [0, 0.05) is 28.1 Å². The predicted octanol–water partition coefficient (Wildman–Crippen LogP) is 5.85. The number of aryl methyl sites for hydroxylation is 2. The molecule has 1 saturated heterocycles. The first-order valence-electron chi connectivity index (χ1n) is 10.5. The summed E-state index contributed by atoms with van der Waals surface area (Å²) < 4.78 is 0. The Kier molecular flexibility index (Phi) is 5.03. The van der Waals surface area contributed by atoms with E-state index < -0.39 is 17.4 Å². The third-order valence-electron chi connectivity index (χ3n) is 6.75. The Morgan fingerprint density at radius 1 is 0.938 bits per heavy atom. The fraction of sp³-hybridized carbons (Fsp3) is 0.231. The number of benzene rings is 3. The number of amides is 2. The van der Waals surface area contributed by atoms with Crippen LogP contribution in [0.5, 0.6) is 0 Å². The molecule has 32 heavy (non-hydrogen) atoms. The fourth-order valence-electron chi connectivity index (χ4n) is 5.34. The molecule has 0 radical (unpaired) electrons. The number of carbonyl (C=O) groups is 2. The number of nitrogens with one attached hydrogen (secondary N) is 2. The van der Waals surface area contributed by atoms with Crippen LogP contribution in [-0.2, 0) is 15.0 Å². The molecule has 2 N–H and O–H groups in total. The van der Waals surface area contributed by atoms with E-state index in [1.807, 2.05) is 50.2 Å². The van der Waals surface area contributed by atoms with Crippen LogP contribution in [0.2, 0.25) is 10.0 Å². The molecule has 0 aromatic heterocycles. The number of piperidine rings is 1. The third kappa shape index (κ3) is 3.13. The van der Waals surface area contributed by atoms with Crippen LogP contribution in [0.1, 0.15) is 46.2 Å². The van der Waals surface area contributed by atoms with Gasteiger partial charge in [-0.15, -0.1) is 0 Å². The average Bonchev–Trinajstić information content (AvgIpc) is 3.02. The van der Waals surface area contributed by atoms with Gasteiger partial charge >= 0.3 is 0 Å². The van der Waals surface area contributed by atoms with E-state index in [-0.39, 0.29) is 18.2 Å². The van der Waals surface area contributed by atoms with Crippen molar-refractivity contribution in [3.63, 3.8) is 0 Å². The van der Waals surface area contributed by atoms with Crippen molar-refractivity contribution in [3.05, 3.63) is 98.5 Å². The summed E-state index contributed by atoms with van der Waals surface area (Å²) >= 11 is 12.6. The SMILES string of the molecule is Cc1ccc(C)c([C@H]2NC(=O)C[C@@H](c3cccc(Cl)c3)[C@]23C(=O)Nc2cc(Cl)ccc23)c1. The maximum Gasteiger partial charge on any atom is 0.238 e. The predicted molar refractivity (Wildman–Crippen MR) is 127 cm³/mol. The number of halogens is 2. The normalized spacial score (nSPS) is 24.2. The Bertz CT molecular complexity index is 1270. The highest BCUT2D eigenvalue weighted by molar-refractivity contribution is 6.31. The summed E-state index contributed by atoms with van der Waals surface area (Å²) in [5.41, 5.74) is 4.35. The minimum Gasteiger partial charge on any atom is -0.348 e. The van der Waals surface area contributed by atoms with Crippen LogP contribution < -0.4 is 10.6 Å². The minimum atomic E-state index is -1.04. The van der Waals surface area contributed by atoms with Crippen molar-refractivity contribution in [1.29, 1.82) is 0 Å². The zero-order chi connectivity index (χ0) is 22.6. The zero-order valence-electron chi connectivity index (χ0n) is 17.7. The number of hydrogen-bond donors (Lipinski definition) is 2. The van der Waals surface area contributed by atoms with E-state index >= 15 is 0 Å². The molecular formula is C26H22Cl2N2O2. The highest BCUT2D eigenvalue weighted by atomic mass is 35.5. The van der Waals surface area contributed by atoms with Crippen molar-refractivity contribution in [2.24, 2.45) is 0 Å². The van der Waals surface area contributed by atoms with Gasteiger partial charge in [0.1, 0.15) is 5.41 Å². The van der Waals surface area contributed by atoms with Crippen molar-refractivity contribution in [3.8, 4) is 0 Å². The molecule has 0 saturated carbocycles. The van der Waals surface area contributed by atoms with Crippen LogP contribution in [0.25, 0.3) is 0 Å². The number of hydrogen-bond acceptors (Lipinski definition) is 2. The third-order valence-corrected chi connectivity index (χ3v) is 7.22. The quantitative estimate of drug-likeness (QED) is 0.499. The first-order valence-corrected chi connectivity index (χ1v) is 11.3. The summed E-state index contributed by atoms with van der Waals surface area (Å²) in [6.45, 7) is 4.02. The summed E-state index contributed by atoms with van der Waals surface area (Å²) in [6.07, 6.45) is 0.178. The maximum atomic E-state index is 13.9. The summed E-state index contributed by atoms with van der Waals surface area (Å²) in [7, 11) is 0. The zero-order valence-corrected chi connectivity index (χ0v) is 19.2. The topological polar surface area (TPSA) is 58.2 Å². The summed E-state index contributed by atoms with van der Waals surface area (Å²) in [4.78, 5) is 27.0. The highest BCUT2D eigenvalue weighted by Gasteiger charge is 2.61. The monoisotopic (exact) mass is 464 g/mol. The molecule has 2 heterocycles. The van der Waals surface area contributed by atoms with Gasteiger partial charge in [0.2, 0.25) is 11.8 Å². The summed E-state index contributed by atoms with van der Waals surface area (Å²) in [5, 5.41) is 7.34. The second-order valence-electron chi connectivity index (χ2n) is 8.69. The first kappa shape index (κ1) is 21.0. The Labute approximate surface area is 196 Å². The van der Waals surface area contributed by atoms with E-state index in [0.29, 0.717) is 15.7 Å². The fourth-order valence-corrected chi connectivity index (χ4v) is 5.71. The van der Waals surface area contributed by atoms with E-state index in [1.54, 1.807) is 18.2 Å². The van der Waals surface area contributed by atoms with Gasteiger partial charge in [0.15, 0.2) is 0 Å². The molecule has 1 fully saturated rings. The highest BCUT2D eigenvalue weighted by Crippen LogP contribution is 2.57. The molecule has 0 bridgehead atoms. The second kappa shape index (κ2) is 7.65. The first-order chi connectivity index (χ1) is 15.3. The number of anilines is 1. The molecule has 0 unspecified atom stereocenters. The van der Waals surface area contributed by atoms with Gasteiger partial charge in [0.25, 0.3) is 0 Å². The lowest BCUT2D eigenvalue weighted by Gasteiger charge is -2.47. The lowest BCUT2D eigenvalue weighted by molar-refractivity contribution is -0.131. The van der Waals surface area contributed by atoms with Gasteiger partial charge < -0.3 is 10.6 Å². The Hall–Kier alpha value is -2.82. The van der Waals surface area contributed by atoms with Crippen molar-refractivity contribution in [1.82, 2.24) is 5.32 Å². The molecule has 2 aliphatic heterocycles. The van der Waals surface area contributed by atoms with Gasteiger partial charge in [0.05, 0.1) is 6.04 Å². The second-order valence-corrected chi connectivity index (χ2v) is 9.56. The minimum absolute atomic E-state index is 0.0956. The van der Waals surface area contributed by atoms with E-state index in [1.165, 1.54) is 0 Å². The van der Waals surface area contributed by atoms with Gasteiger partial charge in [-0.3, -0.25) is 9.59 Å². The standard InChI is InChI=1S/C26H22Cl2N2O2/c1-14-6-7-15(2)19(10-14)24-26(20-9-8-18(28)12-22(20)29-25(26)32)21(13-23(31)30-24)16-4-3-5-17(27)11-16/h3-12,21,24H,13H2,1-2H3,(H,29,32)(H,30,31)/t21-,24+,26-/m0/s1. The van der Waals surface area contributed by atoms with Crippen molar-refractivity contribution in [2.75, 3.05) is 5.32 Å². The molecule has 162 valence electrons. The Morgan fingerprint density at radius 3 is 2.50 bits per heavy atom. The molecule has 1 spiro atoms. The van der Waals surface area contributed by atoms with Crippen LogP contribution >= 0.6 is 23.2 Å². The van der Waals surface area contributed by atoms with Gasteiger partial charge in [-0.2, -0.15) is 0 Å². The molecule has 3 aromatic rings. The lowest BCUT2D eigenvalue weighted by atomic mass is 9.59. The molecule has 3 aromatic carbocycles. The van der Waals surface area contributed by atoms with Crippen molar-refractivity contribution < 1.29 is 9.59 Å². The van der Waals surface area contributed by atoms with E-state index in [0.717, 1.165) is 27.8 Å². The molecule has 2 amide bonds. The molecule has 3 atom stereocenters. The summed E-state index contributed by atoms with van der Waals surface area (Å²) in [5.74, 6) is -0.644. The van der Waals surface area contributed by atoms with E-state index in [9.17, 15) is 9.59 Å². The molecule has 2 aliphatic rings. The maximum absolute atomic E-state index is 13.9. The summed E-state index contributed by atoms with van der Waals surface area (Å²) in [6, 6.07) is 18.5. The van der Waals surface area contributed by atoms with Crippen molar-refractivity contribution >= 4 is 40.7 Å². The number of carbonyl (C=O) groups excluding carboxylic acids is 2. The lowest BCUT2D eigenvalue weighted by Crippen LogP contribution is -2.57. The molecule has 5 rings (SSSR count). The largest absolute Gasteiger partial charge is 0.348 e. The van der Waals surface area contributed by atoms with Gasteiger partial charge in [-0.1, -0.05) is 65.2 Å². The van der Waals surface area contributed by atoms with Crippen LogP contribution in [-0.4, -0.2) is 11.8 Å². The number of fused-ring (bicyclic) bond motifs is 2. The van der Waals surface area contributed by atoms with Gasteiger partial charge in [-0.25, -0.2) is 0 Å². The molecular weight excluding hydrogens is 443 g/mol. The van der Waals surface area contributed by atoms with Crippen molar-refractivity contribution in [2.45, 2.75) is 37.6 Å².